The van der Waals surface area contributed by atoms with Gasteiger partial charge in [0.25, 0.3) is 0 Å². The Morgan fingerprint density at radius 3 is 2.58 bits per heavy atom. The lowest BCUT2D eigenvalue weighted by molar-refractivity contribution is -0.122. The molecule has 1 aliphatic heterocycles. The molecule has 1 atom stereocenters. The Kier molecular flexibility index (Phi) is 2.59. The van der Waals surface area contributed by atoms with Gasteiger partial charge in [-0.1, -0.05) is 12.2 Å². The van der Waals surface area contributed by atoms with E-state index in [1.165, 1.54) is 0 Å². The topological polar surface area (TPSA) is 29.5 Å². The molecule has 1 rings (SSSR count). The summed E-state index contributed by atoms with van der Waals surface area (Å²) in [6.45, 7) is 6.32. The van der Waals surface area contributed by atoms with Crippen molar-refractivity contribution < 1.29 is 9.84 Å². The third-order valence-electron chi connectivity index (χ3n) is 2.22. The lowest BCUT2D eigenvalue weighted by Gasteiger charge is -2.39. The average molecular weight is 170 g/mol. The molecule has 12 heavy (non-hydrogen) atoms. The van der Waals surface area contributed by atoms with Crippen LogP contribution in [0, 0.1) is 0 Å². The fraction of sp³-hybridized carbons (Fsp3) is 0.800. The minimum absolute atomic E-state index is 0.174. The van der Waals surface area contributed by atoms with E-state index in [0.717, 1.165) is 6.42 Å². The van der Waals surface area contributed by atoms with Crippen molar-refractivity contribution in [3.63, 3.8) is 0 Å². The van der Waals surface area contributed by atoms with Crippen molar-refractivity contribution in [2.45, 2.75) is 44.8 Å². The maximum Gasteiger partial charge on any atom is 0.0813 e. The Morgan fingerprint density at radius 1 is 1.42 bits per heavy atom. The average Bonchev–Trinajstić information content (AvgIpc) is 1.83. The number of ether oxygens (including phenoxy) is 1. The van der Waals surface area contributed by atoms with Gasteiger partial charge < -0.3 is 9.84 Å². The van der Waals surface area contributed by atoms with Gasteiger partial charge in [-0.3, -0.25) is 0 Å². The fourth-order valence-electron chi connectivity index (χ4n) is 1.69. The van der Waals surface area contributed by atoms with Crippen molar-refractivity contribution in [1.29, 1.82) is 0 Å². The molecule has 0 amide bonds. The number of aliphatic hydroxyl groups excluding tert-OH is 1. The molecule has 0 saturated heterocycles. The summed E-state index contributed by atoms with van der Waals surface area (Å²) >= 11 is 0. The van der Waals surface area contributed by atoms with E-state index in [1.807, 2.05) is 13.8 Å². The highest BCUT2D eigenvalue weighted by Gasteiger charge is 2.33. The van der Waals surface area contributed by atoms with Gasteiger partial charge in [-0.05, 0) is 33.6 Å². The minimum atomic E-state index is -0.178. The number of rotatable bonds is 2. The van der Waals surface area contributed by atoms with Crippen molar-refractivity contribution in [3.05, 3.63) is 12.2 Å². The van der Waals surface area contributed by atoms with Gasteiger partial charge in [0.1, 0.15) is 0 Å². The van der Waals surface area contributed by atoms with Crippen LogP contribution in [0.5, 0.6) is 0 Å². The third kappa shape index (κ3) is 2.32. The van der Waals surface area contributed by atoms with E-state index in [2.05, 4.69) is 19.1 Å². The number of hydrogen-bond donors (Lipinski definition) is 1. The predicted molar refractivity (Wildman–Crippen MR) is 49.0 cm³/mol. The minimum Gasteiger partial charge on any atom is -0.396 e. The standard InChI is InChI=1S/C10H18O2/c1-9(2)5-4-6-10(3,12-9)7-8-11/h4-5,11H,6-8H2,1-3H3/t10-/m1/s1. The maximum absolute atomic E-state index is 8.85. The van der Waals surface area contributed by atoms with Crippen LogP contribution in [0.15, 0.2) is 12.2 Å². The van der Waals surface area contributed by atoms with Crippen LogP contribution in [0.4, 0.5) is 0 Å². The van der Waals surface area contributed by atoms with Gasteiger partial charge in [0.15, 0.2) is 0 Å². The quantitative estimate of drug-likeness (QED) is 0.641. The van der Waals surface area contributed by atoms with E-state index < -0.39 is 0 Å². The second-order valence-electron chi connectivity index (χ2n) is 4.24. The second-order valence-corrected chi connectivity index (χ2v) is 4.24. The molecule has 0 aromatic heterocycles. The molecule has 1 N–H and O–H groups in total. The van der Waals surface area contributed by atoms with Crippen LogP contribution in [0.25, 0.3) is 0 Å². The van der Waals surface area contributed by atoms with Gasteiger partial charge >= 0.3 is 0 Å². The zero-order chi connectivity index (χ0) is 9.24. The van der Waals surface area contributed by atoms with Gasteiger partial charge in [0.05, 0.1) is 11.2 Å². The third-order valence-corrected chi connectivity index (χ3v) is 2.22. The summed E-state index contributed by atoms with van der Waals surface area (Å²) in [6, 6.07) is 0. The van der Waals surface area contributed by atoms with E-state index in [1.54, 1.807) is 0 Å². The maximum atomic E-state index is 8.85. The monoisotopic (exact) mass is 170 g/mol. The van der Waals surface area contributed by atoms with Crippen molar-refractivity contribution in [2.75, 3.05) is 6.61 Å². The highest BCUT2D eigenvalue weighted by Crippen LogP contribution is 2.32. The van der Waals surface area contributed by atoms with Crippen LogP contribution in [0.2, 0.25) is 0 Å². The smallest absolute Gasteiger partial charge is 0.0813 e. The summed E-state index contributed by atoms with van der Waals surface area (Å²) in [5, 5.41) is 8.85. The molecule has 0 saturated carbocycles. The SMILES string of the molecule is CC1(C)C=CC[C@](C)(CCO)O1. The van der Waals surface area contributed by atoms with Crippen LogP contribution in [-0.2, 0) is 4.74 Å². The molecule has 2 heteroatoms. The van der Waals surface area contributed by atoms with Crippen molar-refractivity contribution in [2.24, 2.45) is 0 Å². The van der Waals surface area contributed by atoms with Crippen LogP contribution in [0.1, 0.15) is 33.6 Å². The van der Waals surface area contributed by atoms with Crippen LogP contribution < -0.4 is 0 Å². The molecule has 1 heterocycles. The summed E-state index contributed by atoms with van der Waals surface area (Å²) in [5.41, 5.74) is -0.352. The summed E-state index contributed by atoms with van der Waals surface area (Å²) in [5.74, 6) is 0. The first-order chi connectivity index (χ1) is 5.47. The molecule has 2 nitrogen and oxygen atoms in total. The van der Waals surface area contributed by atoms with Crippen LogP contribution in [0.3, 0.4) is 0 Å². The Bertz CT molecular complexity index is 184. The predicted octanol–water partition coefficient (Wildman–Crippen LogP) is 1.88. The molecule has 0 aromatic rings. The van der Waals surface area contributed by atoms with E-state index >= 15 is 0 Å². The van der Waals surface area contributed by atoms with E-state index in [4.69, 9.17) is 9.84 Å². The summed E-state index contributed by atoms with van der Waals surface area (Å²) in [4.78, 5) is 0. The Labute approximate surface area is 74.2 Å². The molecule has 0 spiro atoms. The number of aliphatic hydroxyl groups is 1. The summed E-state index contributed by atoms with van der Waals surface area (Å²) in [7, 11) is 0. The molecule has 0 unspecified atom stereocenters. The first-order valence-electron chi connectivity index (χ1n) is 4.46. The Balaban J connectivity index is 2.66. The molecule has 0 radical (unpaired) electrons. The molecule has 70 valence electrons. The summed E-state index contributed by atoms with van der Waals surface area (Å²) in [6.07, 6.45) is 5.82. The zero-order valence-electron chi connectivity index (χ0n) is 8.13. The second kappa shape index (κ2) is 3.19. The lowest BCUT2D eigenvalue weighted by Crippen LogP contribution is -2.41. The van der Waals surface area contributed by atoms with Crippen LogP contribution in [-0.4, -0.2) is 22.9 Å². The van der Waals surface area contributed by atoms with Gasteiger partial charge in [-0.15, -0.1) is 0 Å². The van der Waals surface area contributed by atoms with Crippen LogP contribution >= 0.6 is 0 Å². The van der Waals surface area contributed by atoms with Gasteiger partial charge in [-0.2, -0.15) is 0 Å². The molecular formula is C10H18O2. The van der Waals surface area contributed by atoms with Gasteiger partial charge in [0, 0.05) is 6.61 Å². The van der Waals surface area contributed by atoms with Crippen molar-refractivity contribution in [3.8, 4) is 0 Å². The Hall–Kier alpha value is -0.340. The van der Waals surface area contributed by atoms with Crippen molar-refractivity contribution >= 4 is 0 Å². The first-order valence-corrected chi connectivity index (χ1v) is 4.46. The number of hydrogen-bond acceptors (Lipinski definition) is 2. The highest BCUT2D eigenvalue weighted by atomic mass is 16.5. The van der Waals surface area contributed by atoms with Gasteiger partial charge in [0.2, 0.25) is 0 Å². The van der Waals surface area contributed by atoms with E-state index in [9.17, 15) is 0 Å². The first kappa shape index (κ1) is 9.75. The molecular weight excluding hydrogens is 152 g/mol. The molecule has 0 fully saturated rings. The van der Waals surface area contributed by atoms with E-state index in [-0.39, 0.29) is 17.8 Å². The summed E-state index contributed by atoms with van der Waals surface area (Å²) < 4.78 is 5.85. The molecule has 0 aliphatic carbocycles. The highest BCUT2D eigenvalue weighted by molar-refractivity contribution is 5.05. The van der Waals surface area contributed by atoms with Crippen molar-refractivity contribution in [1.82, 2.24) is 0 Å². The lowest BCUT2D eigenvalue weighted by atomic mass is 9.91. The van der Waals surface area contributed by atoms with Gasteiger partial charge in [-0.25, -0.2) is 0 Å². The zero-order valence-corrected chi connectivity index (χ0v) is 8.13. The normalized spacial score (nSPS) is 33.7. The van der Waals surface area contributed by atoms with E-state index in [0.29, 0.717) is 6.42 Å². The molecule has 0 aromatic carbocycles. The molecule has 0 bridgehead atoms. The largest absolute Gasteiger partial charge is 0.396 e. The Morgan fingerprint density at radius 2 is 2.08 bits per heavy atom. The molecule has 1 aliphatic rings. The fourth-order valence-corrected chi connectivity index (χ4v) is 1.69.